The van der Waals surface area contributed by atoms with Crippen LogP contribution in [0, 0.1) is 6.92 Å². The van der Waals surface area contributed by atoms with E-state index in [0.717, 1.165) is 50.7 Å². The third-order valence-electron chi connectivity index (χ3n) is 9.94. The average molecular weight is 563 g/mol. The van der Waals surface area contributed by atoms with Gasteiger partial charge < -0.3 is 15.0 Å². The largest absolute Gasteiger partial charge is 0.461 e. The number of aromatic nitrogens is 3. The molecule has 4 heterocycles. The predicted molar refractivity (Wildman–Crippen MR) is 164 cm³/mol. The molecule has 0 bridgehead atoms. The molecular formula is C32H43ClN6O. The zero-order chi connectivity index (χ0) is 28.1. The first-order valence-electron chi connectivity index (χ1n) is 15.0. The van der Waals surface area contributed by atoms with Crippen molar-refractivity contribution in [2.24, 2.45) is 0 Å². The summed E-state index contributed by atoms with van der Waals surface area (Å²) >= 11 is 6.68. The van der Waals surface area contributed by atoms with Gasteiger partial charge in [0.15, 0.2) is 0 Å². The number of hydrogen-bond acceptors (Lipinski definition) is 7. The molecule has 8 heteroatoms. The van der Waals surface area contributed by atoms with E-state index in [1.54, 1.807) is 0 Å². The maximum atomic E-state index is 6.68. The Morgan fingerprint density at radius 1 is 1.07 bits per heavy atom. The number of ether oxygens (including phenoxy) is 1. The van der Waals surface area contributed by atoms with Crippen LogP contribution < -0.4 is 10.1 Å². The van der Waals surface area contributed by atoms with Crippen LogP contribution in [0.5, 0.6) is 6.01 Å². The average Bonchev–Trinajstić information content (AvgIpc) is 3.47. The molecule has 40 heavy (non-hydrogen) atoms. The lowest BCUT2D eigenvalue weighted by Crippen LogP contribution is -2.54. The Hall–Kier alpha value is -2.48. The molecule has 0 radical (unpaired) electrons. The van der Waals surface area contributed by atoms with Crippen LogP contribution in [-0.2, 0) is 0 Å². The van der Waals surface area contributed by atoms with Gasteiger partial charge in [0.25, 0.3) is 0 Å². The van der Waals surface area contributed by atoms with E-state index in [1.165, 1.54) is 58.0 Å². The fourth-order valence-corrected chi connectivity index (χ4v) is 7.66. The Labute approximate surface area is 243 Å². The Morgan fingerprint density at radius 3 is 2.48 bits per heavy atom. The van der Waals surface area contributed by atoms with E-state index in [2.05, 4.69) is 56.0 Å². The fraction of sp³-hybridized carbons (Fsp3) is 0.594. The van der Waals surface area contributed by atoms with Gasteiger partial charge in [0.05, 0.1) is 22.1 Å². The molecule has 3 fully saturated rings. The molecule has 214 valence electrons. The summed E-state index contributed by atoms with van der Waals surface area (Å²) in [6, 6.07) is 6.53. The first kappa shape index (κ1) is 27.7. The summed E-state index contributed by atoms with van der Waals surface area (Å²) in [5, 5.41) is 5.41. The fourth-order valence-electron chi connectivity index (χ4n) is 7.27. The lowest BCUT2D eigenvalue weighted by molar-refractivity contribution is 0.0738. The molecule has 1 saturated carbocycles. The molecule has 1 aliphatic carbocycles. The van der Waals surface area contributed by atoms with Crippen molar-refractivity contribution in [2.45, 2.75) is 82.7 Å². The number of hydrogen-bond donors (Lipinski definition) is 1. The monoisotopic (exact) mass is 562 g/mol. The second kappa shape index (κ2) is 10.7. The first-order chi connectivity index (χ1) is 19.2. The van der Waals surface area contributed by atoms with Crippen LogP contribution in [0.3, 0.4) is 0 Å². The number of nitrogens with one attached hydrogen (secondary N) is 1. The van der Waals surface area contributed by atoms with Crippen LogP contribution in [0.25, 0.3) is 22.2 Å². The number of nitrogens with zero attached hydrogens (tertiary/aromatic N) is 5. The standard InChI is InChI=1S/C32H43ClN6O/c1-21(2)26-23(10-6-11-25(26)33)27-22(3)28-24(18-34-27)29(35-19-31(38(4)5)12-7-13-31)37-30(36-28)40-20-32-14-8-16-39(32)17-9-15-32/h6,10-11,18,21H,7-9,12-17,19-20H2,1-5H3,(H,35,36,37). The van der Waals surface area contributed by atoms with Crippen molar-refractivity contribution < 1.29 is 4.74 Å². The molecule has 3 aliphatic rings. The van der Waals surface area contributed by atoms with Gasteiger partial charge in [-0.1, -0.05) is 37.6 Å². The van der Waals surface area contributed by atoms with Gasteiger partial charge in [-0.15, -0.1) is 0 Å². The van der Waals surface area contributed by atoms with E-state index in [-0.39, 0.29) is 17.0 Å². The normalized spacial score (nSPS) is 19.8. The Bertz CT molecular complexity index is 1390. The van der Waals surface area contributed by atoms with Crippen LogP contribution in [0.2, 0.25) is 5.02 Å². The van der Waals surface area contributed by atoms with Gasteiger partial charge in [0, 0.05) is 34.4 Å². The number of pyridine rings is 1. The van der Waals surface area contributed by atoms with E-state index in [0.29, 0.717) is 12.6 Å². The van der Waals surface area contributed by atoms with Crippen molar-refractivity contribution in [3.63, 3.8) is 0 Å². The number of anilines is 1. The lowest BCUT2D eigenvalue weighted by atomic mass is 9.75. The zero-order valence-corrected chi connectivity index (χ0v) is 25.4. The molecule has 0 atom stereocenters. The van der Waals surface area contributed by atoms with Crippen molar-refractivity contribution in [3.8, 4) is 17.3 Å². The van der Waals surface area contributed by atoms with Gasteiger partial charge in [0.1, 0.15) is 12.4 Å². The summed E-state index contributed by atoms with van der Waals surface area (Å²) in [6.07, 6.45) is 10.4. The second-order valence-electron chi connectivity index (χ2n) is 12.7. The smallest absolute Gasteiger partial charge is 0.319 e. The molecule has 6 rings (SSSR count). The van der Waals surface area contributed by atoms with Crippen LogP contribution in [0.1, 0.15) is 75.8 Å². The molecule has 1 aromatic carbocycles. The van der Waals surface area contributed by atoms with Crippen molar-refractivity contribution in [3.05, 3.63) is 40.5 Å². The summed E-state index contributed by atoms with van der Waals surface area (Å²) < 4.78 is 6.49. The number of likely N-dealkylation sites (N-methyl/N-ethyl adjacent to an activating group) is 1. The highest BCUT2D eigenvalue weighted by molar-refractivity contribution is 6.31. The Morgan fingerprint density at radius 2 is 1.82 bits per heavy atom. The van der Waals surface area contributed by atoms with Gasteiger partial charge in [-0.05, 0) is 96.6 Å². The predicted octanol–water partition coefficient (Wildman–Crippen LogP) is 6.68. The third kappa shape index (κ3) is 4.74. The second-order valence-corrected chi connectivity index (χ2v) is 13.1. The molecule has 7 nitrogen and oxygen atoms in total. The number of halogens is 1. The van der Waals surface area contributed by atoms with Gasteiger partial charge in [-0.3, -0.25) is 9.88 Å². The van der Waals surface area contributed by atoms with Crippen molar-refractivity contribution in [2.75, 3.05) is 45.7 Å². The van der Waals surface area contributed by atoms with Crippen molar-refractivity contribution in [1.29, 1.82) is 0 Å². The van der Waals surface area contributed by atoms with E-state index >= 15 is 0 Å². The van der Waals surface area contributed by atoms with Crippen molar-refractivity contribution in [1.82, 2.24) is 24.8 Å². The maximum absolute atomic E-state index is 6.68. The summed E-state index contributed by atoms with van der Waals surface area (Å²) in [5.74, 6) is 1.07. The Balaban J connectivity index is 1.41. The summed E-state index contributed by atoms with van der Waals surface area (Å²) in [4.78, 5) is 19.9. The molecule has 1 N–H and O–H groups in total. The van der Waals surface area contributed by atoms with Crippen LogP contribution in [-0.4, -0.2) is 76.2 Å². The van der Waals surface area contributed by atoms with Crippen LogP contribution in [0.4, 0.5) is 5.82 Å². The number of benzene rings is 1. The van der Waals surface area contributed by atoms with Crippen LogP contribution in [0.15, 0.2) is 24.4 Å². The molecule has 0 spiro atoms. The van der Waals surface area contributed by atoms with Gasteiger partial charge in [-0.25, -0.2) is 0 Å². The zero-order valence-electron chi connectivity index (χ0n) is 24.7. The SMILES string of the molecule is Cc1c(-c2cccc(Cl)c2C(C)C)ncc2c(NCC3(N(C)C)CCC3)nc(OCC34CCCN3CCC4)nc12. The molecule has 0 unspecified atom stereocenters. The topological polar surface area (TPSA) is 66.4 Å². The molecule has 3 aromatic rings. The quantitative estimate of drug-likeness (QED) is 0.312. The number of aryl methyl sites for hydroxylation is 1. The molecule has 2 aliphatic heterocycles. The highest BCUT2D eigenvalue weighted by Crippen LogP contribution is 2.41. The van der Waals surface area contributed by atoms with Crippen LogP contribution >= 0.6 is 11.6 Å². The van der Waals surface area contributed by atoms with E-state index in [9.17, 15) is 0 Å². The minimum absolute atomic E-state index is 0.137. The van der Waals surface area contributed by atoms with Gasteiger partial charge in [0.2, 0.25) is 0 Å². The molecule has 0 amide bonds. The lowest BCUT2D eigenvalue weighted by Gasteiger charge is -2.47. The summed E-state index contributed by atoms with van der Waals surface area (Å²) in [7, 11) is 4.36. The van der Waals surface area contributed by atoms with Gasteiger partial charge in [-0.2, -0.15) is 9.97 Å². The minimum atomic E-state index is 0.137. The third-order valence-corrected chi connectivity index (χ3v) is 10.3. The highest BCUT2D eigenvalue weighted by Gasteiger charge is 2.45. The van der Waals surface area contributed by atoms with Crippen molar-refractivity contribution >= 4 is 28.3 Å². The first-order valence-corrected chi connectivity index (χ1v) is 15.4. The Kier molecular flexibility index (Phi) is 7.43. The number of rotatable bonds is 9. The van der Waals surface area contributed by atoms with Gasteiger partial charge >= 0.3 is 6.01 Å². The number of fused-ring (bicyclic) bond motifs is 2. The summed E-state index contributed by atoms with van der Waals surface area (Å²) in [6.45, 7) is 10.3. The van der Waals surface area contributed by atoms with E-state index < -0.39 is 0 Å². The maximum Gasteiger partial charge on any atom is 0.319 e. The van der Waals surface area contributed by atoms with E-state index in [4.69, 9.17) is 31.3 Å². The summed E-state index contributed by atoms with van der Waals surface area (Å²) in [5.41, 5.74) is 5.28. The molecular weight excluding hydrogens is 520 g/mol. The molecule has 2 saturated heterocycles. The molecule has 2 aromatic heterocycles. The highest BCUT2D eigenvalue weighted by atomic mass is 35.5. The minimum Gasteiger partial charge on any atom is -0.461 e. The van der Waals surface area contributed by atoms with E-state index in [1.807, 2.05) is 18.3 Å².